The van der Waals surface area contributed by atoms with Crippen LogP contribution >= 0.6 is 0 Å². The van der Waals surface area contributed by atoms with Gasteiger partial charge in [-0.1, -0.05) is 30.3 Å². The number of carbonyl (C=O) groups is 1. The van der Waals surface area contributed by atoms with Gasteiger partial charge in [0.25, 0.3) is 0 Å². The van der Waals surface area contributed by atoms with Crippen molar-refractivity contribution in [2.75, 3.05) is 0 Å². The van der Waals surface area contributed by atoms with Crippen LogP contribution in [0.3, 0.4) is 0 Å². The van der Waals surface area contributed by atoms with Gasteiger partial charge in [0.15, 0.2) is 0 Å². The molecule has 1 aromatic carbocycles. The van der Waals surface area contributed by atoms with E-state index in [4.69, 9.17) is 5.73 Å². The highest BCUT2D eigenvalue weighted by Crippen LogP contribution is 2.19. The van der Waals surface area contributed by atoms with Crippen LogP contribution in [0.2, 0.25) is 0 Å². The normalized spacial score (nSPS) is 15.5. The molecule has 2 aromatic rings. The highest BCUT2D eigenvalue weighted by molar-refractivity contribution is 5.87. The SMILES string of the molecule is CC(NC(=O)C(C)(N)c1ccccc1)c1cn[nH]c1. The first kappa shape index (κ1) is 13.3. The van der Waals surface area contributed by atoms with Gasteiger partial charge in [0.2, 0.25) is 5.91 Å². The fourth-order valence-electron chi connectivity index (χ4n) is 1.84. The second kappa shape index (κ2) is 5.24. The number of nitrogens with zero attached hydrogens (tertiary/aromatic N) is 1. The summed E-state index contributed by atoms with van der Waals surface area (Å²) in [6.07, 6.45) is 3.43. The Morgan fingerprint density at radius 2 is 2.11 bits per heavy atom. The first-order chi connectivity index (χ1) is 9.01. The Morgan fingerprint density at radius 3 is 2.68 bits per heavy atom. The van der Waals surface area contributed by atoms with E-state index in [-0.39, 0.29) is 11.9 Å². The van der Waals surface area contributed by atoms with Gasteiger partial charge in [0.05, 0.1) is 12.2 Å². The molecule has 0 saturated carbocycles. The fraction of sp³-hybridized carbons (Fsp3) is 0.286. The molecule has 1 amide bonds. The molecule has 2 atom stereocenters. The Hall–Kier alpha value is -2.14. The first-order valence-corrected chi connectivity index (χ1v) is 6.16. The van der Waals surface area contributed by atoms with Gasteiger partial charge in [0.1, 0.15) is 5.54 Å². The van der Waals surface area contributed by atoms with Crippen LogP contribution in [0.1, 0.15) is 31.0 Å². The zero-order valence-corrected chi connectivity index (χ0v) is 11.1. The van der Waals surface area contributed by atoms with E-state index < -0.39 is 5.54 Å². The number of rotatable bonds is 4. The standard InChI is InChI=1S/C14H18N4O/c1-10(11-8-16-17-9-11)18-13(19)14(2,15)12-6-4-3-5-7-12/h3-10H,15H2,1-2H3,(H,16,17)(H,18,19). The lowest BCUT2D eigenvalue weighted by atomic mass is 9.92. The number of aromatic nitrogens is 2. The summed E-state index contributed by atoms with van der Waals surface area (Å²) >= 11 is 0. The van der Waals surface area contributed by atoms with Gasteiger partial charge in [-0.15, -0.1) is 0 Å². The number of hydrogen-bond acceptors (Lipinski definition) is 3. The lowest BCUT2D eigenvalue weighted by Crippen LogP contribution is -2.49. The van der Waals surface area contributed by atoms with Crippen LogP contribution in [-0.2, 0) is 10.3 Å². The van der Waals surface area contributed by atoms with Crippen molar-refractivity contribution in [2.45, 2.75) is 25.4 Å². The van der Waals surface area contributed by atoms with Crippen LogP contribution in [0.25, 0.3) is 0 Å². The third-order valence-electron chi connectivity index (χ3n) is 3.21. The number of aromatic amines is 1. The Kier molecular flexibility index (Phi) is 3.66. The lowest BCUT2D eigenvalue weighted by molar-refractivity contribution is -0.126. The van der Waals surface area contributed by atoms with Crippen LogP contribution < -0.4 is 11.1 Å². The minimum atomic E-state index is -1.06. The first-order valence-electron chi connectivity index (χ1n) is 6.16. The Bertz CT molecular complexity index is 534. The molecule has 0 fully saturated rings. The molecule has 0 spiro atoms. The van der Waals surface area contributed by atoms with Crippen molar-refractivity contribution in [3.05, 3.63) is 53.9 Å². The number of H-pyrrole nitrogens is 1. The van der Waals surface area contributed by atoms with Gasteiger partial charge < -0.3 is 11.1 Å². The Labute approximate surface area is 112 Å². The number of nitrogens with one attached hydrogen (secondary N) is 2. The summed E-state index contributed by atoms with van der Waals surface area (Å²) in [5.74, 6) is -0.215. The molecular formula is C14H18N4O. The molecule has 0 aliphatic rings. The molecule has 1 aromatic heterocycles. The maximum absolute atomic E-state index is 12.3. The molecule has 2 unspecified atom stereocenters. The monoisotopic (exact) mass is 258 g/mol. The summed E-state index contributed by atoms with van der Waals surface area (Å²) in [6, 6.07) is 9.19. The van der Waals surface area contributed by atoms with Crippen LogP contribution in [-0.4, -0.2) is 16.1 Å². The molecule has 1 heterocycles. The smallest absolute Gasteiger partial charge is 0.244 e. The van der Waals surface area contributed by atoms with Gasteiger partial charge in [-0.3, -0.25) is 9.89 Å². The molecular weight excluding hydrogens is 240 g/mol. The molecule has 0 bridgehead atoms. The van der Waals surface area contributed by atoms with E-state index in [1.807, 2.05) is 37.3 Å². The maximum Gasteiger partial charge on any atom is 0.244 e. The van der Waals surface area contributed by atoms with Crippen molar-refractivity contribution in [3.63, 3.8) is 0 Å². The van der Waals surface area contributed by atoms with Crippen molar-refractivity contribution >= 4 is 5.91 Å². The van der Waals surface area contributed by atoms with E-state index in [9.17, 15) is 4.79 Å². The average Bonchev–Trinajstić information content (AvgIpc) is 2.93. The molecule has 5 nitrogen and oxygen atoms in total. The molecule has 4 N–H and O–H groups in total. The summed E-state index contributed by atoms with van der Waals surface area (Å²) in [5.41, 5.74) is 6.79. The second-order valence-electron chi connectivity index (χ2n) is 4.80. The maximum atomic E-state index is 12.3. The largest absolute Gasteiger partial charge is 0.348 e. The number of nitrogens with two attached hydrogens (primary N) is 1. The Morgan fingerprint density at radius 1 is 1.42 bits per heavy atom. The van der Waals surface area contributed by atoms with Crippen molar-refractivity contribution in [1.29, 1.82) is 0 Å². The van der Waals surface area contributed by atoms with Crippen LogP contribution in [0, 0.1) is 0 Å². The number of carbonyl (C=O) groups excluding carboxylic acids is 1. The molecule has 2 rings (SSSR count). The summed E-state index contributed by atoms with van der Waals surface area (Å²) in [4.78, 5) is 12.3. The van der Waals surface area contributed by atoms with E-state index in [0.29, 0.717) is 0 Å². The average molecular weight is 258 g/mol. The third-order valence-corrected chi connectivity index (χ3v) is 3.21. The minimum absolute atomic E-state index is 0.141. The summed E-state index contributed by atoms with van der Waals surface area (Å²) < 4.78 is 0. The van der Waals surface area contributed by atoms with Crippen molar-refractivity contribution in [1.82, 2.24) is 15.5 Å². The summed E-state index contributed by atoms with van der Waals surface area (Å²) in [5, 5.41) is 9.48. The highest BCUT2D eigenvalue weighted by atomic mass is 16.2. The van der Waals surface area contributed by atoms with E-state index in [0.717, 1.165) is 11.1 Å². The zero-order chi connectivity index (χ0) is 13.9. The predicted octanol–water partition coefficient (Wildman–Crippen LogP) is 1.46. The molecule has 0 radical (unpaired) electrons. The van der Waals surface area contributed by atoms with Gasteiger partial charge in [-0.2, -0.15) is 5.10 Å². The van der Waals surface area contributed by atoms with Crippen molar-refractivity contribution < 1.29 is 4.79 Å². The van der Waals surface area contributed by atoms with Crippen LogP contribution in [0.15, 0.2) is 42.7 Å². The highest BCUT2D eigenvalue weighted by Gasteiger charge is 2.31. The van der Waals surface area contributed by atoms with Crippen molar-refractivity contribution in [2.24, 2.45) is 5.73 Å². The predicted molar refractivity (Wildman–Crippen MR) is 73.1 cm³/mol. The van der Waals surface area contributed by atoms with Crippen LogP contribution in [0.4, 0.5) is 0 Å². The number of amides is 1. The van der Waals surface area contributed by atoms with Crippen molar-refractivity contribution in [3.8, 4) is 0 Å². The molecule has 19 heavy (non-hydrogen) atoms. The zero-order valence-electron chi connectivity index (χ0n) is 11.1. The molecule has 0 aliphatic carbocycles. The van der Waals surface area contributed by atoms with E-state index >= 15 is 0 Å². The van der Waals surface area contributed by atoms with E-state index in [1.165, 1.54) is 0 Å². The topological polar surface area (TPSA) is 83.8 Å². The van der Waals surface area contributed by atoms with Gasteiger partial charge in [-0.05, 0) is 19.4 Å². The molecule has 0 aliphatic heterocycles. The van der Waals surface area contributed by atoms with Gasteiger partial charge in [0, 0.05) is 11.8 Å². The summed E-state index contributed by atoms with van der Waals surface area (Å²) in [7, 11) is 0. The van der Waals surface area contributed by atoms with E-state index in [1.54, 1.807) is 19.3 Å². The van der Waals surface area contributed by atoms with Gasteiger partial charge in [-0.25, -0.2) is 0 Å². The molecule has 5 heteroatoms. The van der Waals surface area contributed by atoms with Gasteiger partial charge >= 0.3 is 0 Å². The second-order valence-corrected chi connectivity index (χ2v) is 4.80. The summed E-state index contributed by atoms with van der Waals surface area (Å²) in [6.45, 7) is 3.60. The van der Waals surface area contributed by atoms with E-state index in [2.05, 4.69) is 15.5 Å². The number of hydrogen-bond donors (Lipinski definition) is 3. The lowest BCUT2D eigenvalue weighted by Gasteiger charge is -2.26. The molecule has 100 valence electrons. The quantitative estimate of drug-likeness (QED) is 0.776. The Balaban J connectivity index is 2.11. The fourth-order valence-corrected chi connectivity index (χ4v) is 1.84. The number of benzene rings is 1. The van der Waals surface area contributed by atoms with Crippen LogP contribution in [0.5, 0.6) is 0 Å². The molecule has 0 saturated heterocycles. The third kappa shape index (κ3) is 2.82. The minimum Gasteiger partial charge on any atom is -0.348 e.